The first-order chi connectivity index (χ1) is 15.5. The number of nitrogens with zero attached hydrogens (tertiary/aromatic N) is 3. The average molecular weight is 442 g/mol. The number of halogens is 2. The number of benzene rings is 1. The number of rotatable bonds is 5. The van der Waals surface area contributed by atoms with Crippen LogP contribution in [0.15, 0.2) is 42.7 Å². The van der Waals surface area contributed by atoms with Gasteiger partial charge in [0.25, 0.3) is 5.91 Å². The van der Waals surface area contributed by atoms with Crippen LogP contribution in [0.3, 0.4) is 0 Å². The fraction of sp³-hybridized carbons (Fsp3) is 0.391. The van der Waals surface area contributed by atoms with E-state index in [1.807, 2.05) is 0 Å². The summed E-state index contributed by atoms with van der Waals surface area (Å²) >= 11 is 0. The van der Waals surface area contributed by atoms with Crippen LogP contribution in [0.2, 0.25) is 0 Å². The normalized spacial score (nSPS) is 20.4. The number of likely N-dealkylation sites (tertiary alicyclic amines) is 2. The summed E-state index contributed by atoms with van der Waals surface area (Å²) in [5.41, 5.74) is 0.240. The summed E-state index contributed by atoms with van der Waals surface area (Å²) in [6.07, 6.45) is 5.40. The van der Waals surface area contributed by atoms with E-state index in [0.717, 1.165) is 17.7 Å². The number of carbonyl (C=O) groups excluding carboxylic acids is 3. The van der Waals surface area contributed by atoms with Crippen molar-refractivity contribution < 1.29 is 23.2 Å². The summed E-state index contributed by atoms with van der Waals surface area (Å²) in [6.45, 7) is 0.953. The largest absolute Gasteiger partial charge is 0.350 e. The van der Waals surface area contributed by atoms with Crippen molar-refractivity contribution in [3.8, 4) is 0 Å². The van der Waals surface area contributed by atoms with E-state index >= 15 is 0 Å². The molecule has 168 valence electrons. The highest BCUT2D eigenvalue weighted by molar-refractivity contribution is 5.99. The van der Waals surface area contributed by atoms with Crippen LogP contribution in [0.1, 0.15) is 41.6 Å². The predicted molar refractivity (Wildman–Crippen MR) is 111 cm³/mol. The van der Waals surface area contributed by atoms with E-state index in [-0.39, 0.29) is 18.4 Å². The third-order valence-electron chi connectivity index (χ3n) is 6.03. The van der Waals surface area contributed by atoms with Crippen LogP contribution in [0, 0.1) is 11.6 Å². The number of carbonyl (C=O) groups is 3. The van der Waals surface area contributed by atoms with Crippen molar-refractivity contribution in [2.75, 3.05) is 13.1 Å². The summed E-state index contributed by atoms with van der Waals surface area (Å²) in [5, 5.41) is 2.85. The van der Waals surface area contributed by atoms with Crippen molar-refractivity contribution in [3.05, 3.63) is 65.5 Å². The third kappa shape index (κ3) is 4.32. The summed E-state index contributed by atoms with van der Waals surface area (Å²) in [6, 6.07) is 5.35. The van der Waals surface area contributed by atoms with Gasteiger partial charge in [0.05, 0.1) is 0 Å². The molecule has 1 aromatic heterocycles. The molecular formula is C23H24F2N4O3. The van der Waals surface area contributed by atoms with Gasteiger partial charge in [0.15, 0.2) is 0 Å². The molecule has 0 radical (unpaired) electrons. The molecule has 1 N–H and O–H groups in total. The fourth-order valence-corrected chi connectivity index (χ4v) is 4.41. The molecule has 0 aliphatic carbocycles. The van der Waals surface area contributed by atoms with Crippen LogP contribution < -0.4 is 5.32 Å². The molecule has 3 amide bonds. The molecule has 2 fully saturated rings. The Morgan fingerprint density at radius 2 is 1.56 bits per heavy atom. The number of pyridine rings is 1. The molecule has 2 aromatic rings. The highest BCUT2D eigenvalue weighted by Gasteiger charge is 2.42. The fourth-order valence-electron chi connectivity index (χ4n) is 4.41. The molecule has 9 heteroatoms. The standard InChI is InChI=1S/C23H24F2N4O3/c24-16-4-1-5-17(25)20(16)23(32)29-13-3-7-19(29)22(31)28-12-2-6-18(28)21(30)27-14-15-8-10-26-11-9-15/h1,4-5,8-11,18-19H,2-3,6-7,12-14H2,(H,27,30)/t18-,19+/m0/s1. The Morgan fingerprint density at radius 3 is 2.25 bits per heavy atom. The minimum atomic E-state index is -0.956. The molecule has 0 unspecified atom stereocenters. The van der Waals surface area contributed by atoms with Crippen molar-refractivity contribution in [1.29, 1.82) is 0 Å². The van der Waals surface area contributed by atoms with E-state index in [9.17, 15) is 23.2 Å². The van der Waals surface area contributed by atoms with Gasteiger partial charge >= 0.3 is 0 Å². The van der Waals surface area contributed by atoms with Gasteiger partial charge in [-0.25, -0.2) is 8.78 Å². The summed E-state index contributed by atoms with van der Waals surface area (Å²) < 4.78 is 28.3. The van der Waals surface area contributed by atoms with Gasteiger partial charge in [-0.3, -0.25) is 19.4 Å². The van der Waals surface area contributed by atoms with Gasteiger partial charge in [0.2, 0.25) is 11.8 Å². The van der Waals surface area contributed by atoms with E-state index in [1.165, 1.54) is 15.9 Å². The number of nitrogens with one attached hydrogen (secondary N) is 1. The summed E-state index contributed by atoms with van der Waals surface area (Å²) in [4.78, 5) is 45.6. The Balaban J connectivity index is 1.46. The van der Waals surface area contributed by atoms with Gasteiger partial charge in [-0.2, -0.15) is 0 Å². The molecule has 4 rings (SSSR count). The topological polar surface area (TPSA) is 82.6 Å². The minimum Gasteiger partial charge on any atom is -0.350 e. The summed E-state index contributed by atoms with van der Waals surface area (Å²) in [7, 11) is 0. The van der Waals surface area contributed by atoms with Crippen molar-refractivity contribution in [3.63, 3.8) is 0 Å². The zero-order valence-electron chi connectivity index (χ0n) is 17.5. The lowest BCUT2D eigenvalue weighted by molar-refractivity contribution is -0.141. The molecule has 0 spiro atoms. The van der Waals surface area contributed by atoms with Crippen molar-refractivity contribution in [1.82, 2.24) is 20.1 Å². The Labute approximate surface area is 184 Å². The molecule has 2 aliphatic heterocycles. The second-order valence-corrected chi connectivity index (χ2v) is 8.02. The van der Waals surface area contributed by atoms with Gasteiger partial charge in [0.1, 0.15) is 29.3 Å². The highest BCUT2D eigenvalue weighted by Crippen LogP contribution is 2.27. The number of amides is 3. The van der Waals surface area contributed by atoms with Crippen LogP contribution in [-0.4, -0.2) is 57.7 Å². The van der Waals surface area contributed by atoms with Crippen molar-refractivity contribution >= 4 is 17.7 Å². The van der Waals surface area contributed by atoms with E-state index in [0.29, 0.717) is 38.8 Å². The Kier molecular flexibility index (Phi) is 6.43. The van der Waals surface area contributed by atoms with Crippen LogP contribution in [0.5, 0.6) is 0 Å². The van der Waals surface area contributed by atoms with Crippen LogP contribution in [0.25, 0.3) is 0 Å². The SMILES string of the molecule is O=C(NCc1ccncc1)[C@@H]1CCCN1C(=O)[C@H]1CCCN1C(=O)c1c(F)cccc1F. The van der Waals surface area contributed by atoms with Gasteiger partial charge < -0.3 is 15.1 Å². The molecule has 2 saturated heterocycles. The van der Waals surface area contributed by atoms with E-state index < -0.39 is 35.2 Å². The second kappa shape index (κ2) is 9.42. The Morgan fingerprint density at radius 1 is 0.938 bits per heavy atom. The highest BCUT2D eigenvalue weighted by atomic mass is 19.1. The smallest absolute Gasteiger partial charge is 0.260 e. The quantitative estimate of drug-likeness (QED) is 0.770. The molecule has 3 heterocycles. The minimum absolute atomic E-state index is 0.232. The lowest BCUT2D eigenvalue weighted by Crippen LogP contribution is -2.53. The lowest BCUT2D eigenvalue weighted by atomic mass is 10.1. The first kappa shape index (κ1) is 21.9. The predicted octanol–water partition coefficient (Wildman–Crippen LogP) is 2.27. The summed E-state index contributed by atoms with van der Waals surface area (Å²) in [5.74, 6) is -3.36. The maximum atomic E-state index is 14.1. The zero-order valence-corrected chi connectivity index (χ0v) is 17.5. The maximum Gasteiger partial charge on any atom is 0.260 e. The van der Waals surface area contributed by atoms with E-state index in [4.69, 9.17) is 0 Å². The first-order valence-corrected chi connectivity index (χ1v) is 10.7. The van der Waals surface area contributed by atoms with E-state index in [1.54, 1.807) is 24.5 Å². The molecule has 2 atom stereocenters. The van der Waals surface area contributed by atoms with Gasteiger partial charge in [-0.1, -0.05) is 6.07 Å². The van der Waals surface area contributed by atoms with Gasteiger partial charge in [-0.05, 0) is 55.5 Å². The monoisotopic (exact) mass is 442 g/mol. The van der Waals surface area contributed by atoms with Crippen LogP contribution in [0.4, 0.5) is 8.78 Å². The zero-order chi connectivity index (χ0) is 22.7. The van der Waals surface area contributed by atoms with Crippen LogP contribution in [-0.2, 0) is 16.1 Å². The van der Waals surface area contributed by atoms with Crippen LogP contribution >= 0.6 is 0 Å². The molecular weight excluding hydrogens is 418 g/mol. The van der Waals surface area contributed by atoms with E-state index in [2.05, 4.69) is 10.3 Å². The van der Waals surface area contributed by atoms with Crippen molar-refractivity contribution in [2.45, 2.75) is 44.3 Å². The lowest BCUT2D eigenvalue weighted by Gasteiger charge is -2.31. The number of hydrogen-bond donors (Lipinski definition) is 1. The van der Waals surface area contributed by atoms with Gasteiger partial charge in [-0.15, -0.1) is 0 Å². The average Bonchev–Trinajstić information content (AvgIpc) is 3.47. The second-order valence-electron chi connectivity index (χ2n) is 8.02. The molecule has 0 saturated carbocycles. The Hall–Kier alpha value is -3.36. The molecule has 7 nitrogen and oxygen atoms in total. The van der Waals surface area contributed by atoms with Gasteiger partial charge in [0, 0.05) is 32.0 Å². The first-order valence-electron chi connectivity index (χ1n) is 10.7. The third-order valence-corrected chi connectivity index (χ3v) is 6.03. The van der Waals surface area contributed by atoms with Crippen molar-refractivity contribution in [2.24, 2.45) is 0 Å². The molecule has 0 bridgehead atoms. The molecule has 1 aromatic carbocycles. The number of aromatic nitrogens is 1. The Bertz CT molecular complexity index is 997. The maximum absolute atomic E-state index is 14.1. The molecule has 2 aliphatic rings. The molecule has 32 heavy (non-hydrogen) atoms. The number of hydrogen-bond acceptors (Lipinski definition) is 4.